The lowest BCUT2D eigenvalue weighted by atomic mass is 9.45. The Morgan fingerprint density at radius 1 is 1.11 bits per heavy atom. The number of carbonyl (C=O) groups excluding carboxylic acids is 3. The first-order valence-corrected chi connectivity index (χ1v) is 13.1. The van der Waals surface area contributed by atoms with E-state index in [0.717, 1.165) is 25.7 Å². The highest BCUT2D eigenvalue weighted by molar-refractivity contribution is 7.59. The second-order valence-electron chi connectivity index (χ2n) is 12.6. The second kappa shape index (κ2) is 11.2. The molecular formula is C28H46O7S2. The number of hydrogen-bond acceptors (Lipinski definition) is 7. The summed E-state index contributed by atoms with van der Waals surface area (Å²) in [7, 11) is 1.55. The summed E-state index contributed by atoms with van der Waals surface area (Å²) in [4.78, 5) is 37.7. The maximum atomic E-state index is 13.5. The van der Waals surface area contributed by atoms with Gasteiger partial charge in [-0.1, -0.05) is 19.4 Å². The number of aliphatic hydroxyl groups is 1. The number of ketones is 1. The molecule has 9 heteroatoms. The molecule has 0 radical (unpaired) electrons. The minimum absolute atomic E-state index is 0. The highest BCUT2D eigenvalue weighted by atomic mass is 32.1. The Balaban J connectivity index is 0.00000241. The molecule has 0 bridgehead atoms. The van der Waals surface area contributed by atoms with Crippen LogP contribution in [0.3, 0.4) is 0 Å². The van der Waals surface area contributed by atoms with Gasteiger partial charge in [-0.2, -0.15) is 27.0 Å². The number of methoxy groups -OCH3 is 1. The summed E-state index contributed by atoms with van der Waals surface area (Å²) in [6.07, 6.45) is 6.12. The summed E-state index contributed by atoms with van der Waals surface area (Å²) in [5.74, 6) is -0.126. The van der Waals surface area contributed by atoms with Gasteiger partial charge in [0.1, 0.15) is 12.2 Å². The number of fused-ring (bicyclic) bond motifs is 5. The molecule has 1 N–H and O–H groups in total. The van der Waals surface area contributed by atoms with Gasteiger partial charge in [-0.05, 0) is 88.5 Å². The van der Waals surface area contributed by atoms with Crippen LogP contribution in [0, 0.1) is 28.6 Å². The SMILES string of the molecule is CO[C@@]1(C(=O)OCCC(=O)OC(C)(C)C)CCC2C3CCC4=CC(=O)CCC4(C)C3C(O)CC21C.S.S. The van der Waals surface area contributed by atoms with E-state index in [1.807, 2.05) is 6.08 Å². The molecule has 37 heavy (non-hydrogen) atoms. The number of carbonyl (C=O) groups is 3. The summed E-state index contributed by atoms with van der Waals surface area (Å²) < 4.78 is 16.9. The van der Waals surface area contributed by atoms with E-state index in [1.165, 1.54) is 5.57 Å². The third kappa shape index (κ3) is 5.39. The van der Waals surface area contributed by atoms with Crippen LogP contribution in [0.4, 0.5) is 0 Å². The van der Waals surface area contributed by atoms with Crippen LogP contribution in [0.15, 0.2) is 11.6 Å². The number of aliphatic hydroxyl groups excluding tert-OH is 1. The maximum Gasteiger partial charge on any atom is 0.338 e. The fourth-order valence-electron chi connectivity index (χ4n) is 8.17. The Morgan fingerprint density at radius 2 is 1.78 bits per heavy atom. The Hall–Kier alpha value is -1.03. The smallest absolute Gasteiger partial charge is 0.338 e. The lowest BCUT2D eigenvalue weighted by Crippen LogP contribution is -2.62. The van der Waals surface area contributed by atoms with Gasteiger partial charge in [0, 0.05) is 18.9 Å². The van der Waals surface area contributed by atoms with E-state index in [0.29, 0.717) is 19.3 Å². The van der Waals surface area contributed by atoms with Gasteiger partial charge in [0.2, 0.25) is 0 Å². The van der Waals surface area contributed by atoms with Crippen LogP contribution in [0.5, 0.6) is 0 Å². The van der Waals surface area contributed by atoms with Crippen molar-refractivity contribution in [3.63, 3.8) is 0 Å². The number of allylic oxidation sites excluding steroid dienone is 1. The van der Waals surface area contributed by atoms with E-state index in [2.05, 4.69) is 13.8 Å². The number of hydrogen-bond donors (Lipinski definition) is 1. The van der Waals surface area contributed by atoms with Crippen molar-refractivity contribution in [2.24, 2.45) is 28.6 Å². The normalized spacial score (nSPS) is 38.6. The number of esters is 2. The number of rotatable bonds is 5. The third-order valence-corrected chi connectivity index (χ3v) is 9.65. The zero-order valence-corrected chi connectivity index (χ0v) is 25.1. The summed E-state index contributed by atoms with van der Waals surface area (Å²) in [5.41, 5.74) is -1.31. The Bertz CT molecular complexity index is 928. The Morgan fingerprint density at radius 3 is 2.41 bits per heavy atom. The van der Waals surface area contributed by atoms with Gasteiger partial charge in [-0.15, -0.1) is 0 Å². The molecule has 0 spiro atoms. The first kappa shape index (κ1) is 32.2. The van der Waals surface area contributed by atoms with E-state index in [1.54, 1.807) is 27.9 Å². The molecule has 0 saturated heterocycles. The standard InChI is InChI=1S/C28H42O7.2H2S/c1-25(2,3)35-22(31)11-14-34-24(32)28(33-6)13-10-20-19-8-7-17-15-18(29)9-12-26(17,4)23(19)21(30)16-27(20,28)5;;/h15,19-21,23,30H,7-14,16H2,1-6H3;2*1H2/t19?,20?,21?,23?,26?,27?,28-;;/m1../s1. The van der Waals surface area contributed by atoms with E-state index in [9.17, 15) is 19.5 Å². The molecule has 7 nitrogen and oxygen atoms in total. The molecule has 0 aromatic rings. The molecular weight excluding hydrogens is 512 g/mol. The largest absolute Gasteiger partial charge is 0.463 e. The van der Waals surface area contributed by atoms with Crippen molar-refractivity contribution in [2.75, 3.05) is 13.7 Å². The topological polar surface area (TPSA) is 99.1 Å². The van der Waals surface area contributed by atoms with Crippen LogP contribution in [-0.2, 0) is 28.6 Å². The average Bonchev–Trinajstić information content (AvgIpc) is 3.05. The van der Waals surface area contributed by atoms with Crippen molar-refractivity contribution in [2.45, 2.75) is 103 Å². The Labute approximate surface area is 235 Å². The van der Waals surface area contributed by atoms with Crippen LogP contribution in [0.25, 0.3) is 0 Å². The minimum Gasteiger partial charge on any atom is -0.463 e. The highest BCUT2D eigenvalue weighted by Gasteiger charge is 2.70. The van der Waals surface area contributed by atoms with Crippen LogP contribution in [0.1, 0.15) is 86.0 Å². The fraction of sp³-hybridized carbons (Fsp3) is 0.821. The lowest BCUT2D eigenvalue weighted by Gasteiger charge is -2.60. The van der Waals surface area contributed by atoms with Crippen molar-refractivity contribution in [3.8, 4) is 0 Å². The van der Waals surface area contributed by atoms with Gasteiger partial charge in [-0.3, -0.25) is 9.59 Å². The first-order chi connectivity index (χ1) is 16.3. The summed E-state index contributed by atoms with van der Waals surface area (Å²) in [5, 5.41) is 11.6. The maximum absolute atomic E-state index is 13.5. The quantitative estimate of drug-likeness (QED) is 0.500. The molecule has 0 aliphatic heterocycles. The van der Waals surface area contributed by atoms with Crippen LogP contribution >= 0.6 is 27.0 Å². The fourth-order valence-corrected chi connectivity index (χ4v) is 8.17. The zero-order valence-electron chi connectivity index (χ0n) is 23.1. The molecule has 4 rings (SSSR count). The molecule has 7 atom stereocenters. The molecule has 4 aliphatic rings. The molecule has 4 aliphatic carbocycles. The van der Waals surface area contributed by atoms with Crippen molar-refractivity contribution < 1.29 is 33.7 Å². The van der Waals surface area contributed by atoms with Crippen molar-refractivity contribution in [1.29, 1.82) is 0 Å². The molecule has 6 unspecified atom stereocenters. The summed E-state index contributed by atoms with van der Waals surface area (Å²) in [6.45, 7) is 9.63. The predicted octanol–water partition coefficient (Wildman–Crippen LogP) is 4.37. The van der Waals surface area contributed by atoms with Crippen LogP contribution in [-0.4, -0.2) is 53.9 Å². The van der Waals surface area contributed by atoms with Gasteiger partial charge in [0.25, 0.3) is 0 Å². The van der Waals surface area contributed by atoms with Crippen molar-refractivity contribution in [1.82, 2.24) is 0 Å². The first-order valence-electron chi connectivity index (χ1n) is 13.1. The van der Waals surface area contributed by atoms with Crippen molar-refractivity contribution >= 4 is 44.7 Å². The molecule has 0 aromatic carbocycles. The monoisotopic (exact) mass is 558 g/mol. The second-order valence-corrected chi connectivity index (χ2v) is 12.6. The predicted molar refractivity (Wildman–Crippen MR) is 150 cm³/mol. The van der Waals surface area contributed by atoms with Gasteiger partial charge < -0.3 is 19.3 Å². The molecule has 3 fully saturated rings. The number of ether oxygens (including phenoxy) is 3. The summed E-state index contributed by atoms with van der Waals surface area (Å²) >= 11 is 0. The zero-order chi connectivity index (χ0) is 25.8. The lowest BCUT2D eigenvalue weighted by molar-refractivity contribution is -0.206. The van der Waals surface area contributed by atoms with Crippen molar-refractivity contribution in [3.05, 3.63) is 11.6 Å². The molecule has 3 saturated carbocycles. The third-order valence-electron chi connectivity index (χ3n) is 9.65. The molecule has 0 amide bonds. The minimum atomic E-state index is -1.16. The Kier molecular flexibility index (Phi) is 9.76. The molecule has 212 valence electrons. The van der Waals surface area contributed by atoms with Gasteiger partial charge >= 0.3 is 11.9 Å². The summed E-state index contributed by atoms with van der Waals surface area (Å²) in [6, 6.07) is 0. The molecule has 0 heterocycles. The van der Waals surface area contributed by atoms with E-state index < -0.39 is 34.7 Å². The van der Waals surface area contributed by atoms with Crippen LogP contribution in [0.2, 0.25) is 0 Å². The van der Waals surface area contributed by atoms with E-state index in [4.69, 9.17) is 14.2 Å². The van der Waals surface area contributed by atoms with Crippen LogP contribution < -0.4 is 0 Å². The highest BCUT2D eigenvalue weighted by Crippen LogP contribution is 2.68. The molecule has 0 aromatic heterocycles. The van der Waals surface area contributed by atoms with E-state index >= 15 is 0 Å². The van der Waals surface area contributed by atoms with Gasteiger partial charge in [0.15, 0.2) is 11.4 Å². The van der Waals surface area contributed by atoms with Gasteiger partial charge in [-0.25, -0.2) is 4.79 Å². The average molecular weight is 559 g/mol. The van der Waals surface area contributed by atoms with E-state index in [-0.39, 0.29) is 69.0 Å². The van der Waals surface area contributed by atoms with Gasteiger partial charge in [0.05, 0.1) is 12.5 Å².